The van der Waals surface area contributed by atoms with Gasteiger partial charge in [0.2, 0.25) is 5.91 Å². The van der Waals surface area contributed by atoms with E-state index >= 15 is 0 Å². The van der Waals surface area contributed by atoms with Gasteiger partial charge in [-0.3, -0.25) is 4.79 Å². The van der Waals surface area contributed by atoms with E-state index in [1.165, 1.54) is 0 Å². The molecule has 0 aromatic heterocycles. The van der Waals surface area contributed by atoms with E-state index in [0.29, 0.717) is 19.6 Å². The highest BCUT2D eigenvalue weighted by atomic mass is 16.5. The van der Waals surface area contributed by atoms with Crippen LogP contribution in [0.4, 0.5) is 0 Å². The second-order valence-corrected chi connectivity index (χ2v) is 5.03. The van der Waals surface area contributed by atoms with Crippen molar-refractivity contribution in [1.82, 2.24) is 5.32 Å². The van der Waals surface area contributed by atoms with Gasteiger partial charge in [0.15, 0.2) is 0 Å². The Balaban J connectivity index is 2.11. The first-order chi connectivity index (χ1) is 10.2. The number of nitrogens with one attached hydrogen (secondary N) is 1. The van der Waals surface area contributed by atoms with Gasteiger partial charge in [0.1, 0.15) is 11.8 Å². The molecule has 2 atom stereocenters. The third-order valence-corrected chi connectivity index (χ3v) is 3.45. The largest absolute Gasteiger partial charge is 0.494 e. The van der Waals surface area contributed by atoms with Crippen molar-refractivity contribution in [1.29, 1.82) is 0 Å². The highest BCUT2D eigenvalue weighted by molar-refractivity contribution is 5.90. The average molecular weight is 291 g/mol. The molecule has 1 aromatic rings. The van der Waals surface area contributed by atoms with E-state index in [4.69, 9.17) is 9.47 Å². The lowest BCUT2D eigenvalue weighted by atomic mass is 9.92. The van der Waals surface area contributed by atoms with E-state index < -0.39 is 6.04 Å². The number of carbonyl (C=O) groups is 2. The van der Waals surface area contributed by atoms with Gasteiger partial charge in [-0.1, -0.05) is 19.1 Å². The standard InChI is InChI=1S/C16H21NO4/c1-3-9-21-12-7-5-11(6-8-12)13-10-14(18)17-15(13)16(19)20-4-2/h5-8,13,15H,3-4,9-10H2,1-2H3,(H,17,18). The van der Waals surface area contributed by atoms with Gasteiger partial charge in [-0.05, 0) is 31.0 Å². The fourth-order valence-electron chi connectivity index (χ4n) is 2.45. The molecule has 0 bridgehead atoms. The Labute approximate surface area is 124 Å². The smallest absolute Gasteiger partial charge is 0.329 e. The van der Waals surface area contributed by atoms with Crippen LogP contribution in [0.1, 0.15) is 38.2 Å². The van der Waals surface area contributed by atoms with Crippen molar-refractivity contribution in [2.45, 2.75) is 38.6 Å². The minimum Gasteiger partial charge on any atom is -0.494 e. The van der Waals surface area contributed by atoms with Gasteiger partial charge in [0.25, 0.3) is 0 Å². The molecule has 5 nitrogen and oxygen atoms in total. The van der Waals surface area contributed by atoms with Gasteiger partial charge >= 0.3 is 5.97 Å². The van der Waals surface area contributed by atoms with Crippen LogP contribution in [-0.4, -0.2) is 31.1 Å². The minimum absolute atomic E-state index is 0.121. The summed E-state index contributed by atoms with van der Waals surface area (Å²) in [6, 6.07) is 6.95. The molecule has 1 amide bonds. The zero-order valence-electron chi connectivity index (χ0n) is 12.4. The Morgan fingerprint density at radius 1 is 1.29 bits per heavy atom. The Bertz CT molecular complexity index is 498. The van der Waals surface area contributed by atoms with Gasteiger partial charge < -0.3 is 14.8 Å². The molecule has 0 spiro atoms. The predicted molar refractivity (Wildman–Crippen MR) is 78.1 cm³/mol. The van der Waals surface area contributed by atoms with Crippen LogP contribution in [0, 0.1) is 0 Å². The van der Waals surface area contributed by atoms with Crippen LogP contribution in [0.3, 0.4) is 0 Å². The van der Waals surface area contributed by atoms with Crippen LogP contribution in [0.5, 0.6) is 5.75 Å². The summed E-state index contributed by atoms with van der Waals surface area (Å²) in [4.78, 5) is 23.5. The number of hydrogen-bond acceptors (Lipinski definition) is 4. The number of carbonyl (C=O) groups excluding carboxylic acids is 2. The lowest BCUT2D eigenvalue weighted by Gasteiger charge is -2.18. The van der Waals surface area contributed by atoms with Crippen molar-refractivity contribution in [3.8, 4) is 5.75 Å². The summed E-state index contributed by atoms with van der Waals surface area (Å²) in [6.45, 7) is 4.79. The van der Waals surface area contributed by atoms with Crippen molar-refractivity contribution in [2.24, 2.45) is 0 Å². The lowest BCUT2D eigenvalue weighted by Crippen LogP contribution is -2.37. The topological polar surface area (TPSA) is 64.6 Å². The normalized spacial score (nSPS) is 21.0. The van der Waals surface area contributed by atoms with Crippen LogP contribution >= 0.6 is 0 Å². The maximum atomic E-state index is 11.9. The second-order valence-electron chi connectivity index (χ2n) is 5.03. The molecule has 1 heterocycles. The minimum atomic E-state index is -0.597. The summed E-state index contributed by atoms with van der Waals surface area (Å²) < 4.78 is 10.6. The molecule has 1 saturated heterocycles. The van der Waals surface area contributed by atoms with E-state index in [0.717, 1.165) is 17.7 Å². The third kappa shape index (κ3) is 3.74. The molecule has 1 aliphatic heterocycles. The molecule has 1 aliphatic rings. The Kier molecular flexibility index (Phi) is 5.20. The molecule has 0 aliphatic carbocycles. The zero-order chi connectivity index (χ0) is 15.2. The molecule has 1 aromatic carbocycles. The van der Waals surface area contributed by atoms with Gasteiger partial charge in [-0.15, -0.1) is 0 Å². The van der Waals surface area contributed by atoms with E-state index in [1.807, 2.05) is 31.2 Å². The summed E-state index contributed by atoms with van der Waals surface area (Å²) in [5.41, 5.74) is 0.940. The van der Waals surface area contributed by atoms with E-state index in [9.17, 15) is 9.59 Å². The molecule has 1 fully saturated rings. The molecule has 0 radical (unpaired) electrons. The Morgan fingerprint density at radius 2 is 2.00 bits per heavy atom. The number of amides is 1. The van der Waals surface area contributed by atoms with Crippen molar-refractivity contribution in [3.05, 3.63) is 29.8 Å². The molecule has 2 rings (SSSR count). The Hall–Kier alpha value is -2.04. The van der Waals surface area contributed by atoms with Crippen LogP contribution in [0.15, 0.2) is 24.3 Å². The zero-order valence-corrected chi connectivity index (χ0v) is 12.4. The fraction of sp³-hybridized carbons (Fsp3) is 0.500. The molecule has 0 saturated carbocycles. The summed E-state index contributed by atoms with van der Waals surface area (Å²) in [6.07, 6.45) is 1.26. The first-order valence-electron chi connectivity index (χ1n) is 7.34. The summed E-state index contributed by atoms with van der Waals surface area (Å²) in [5, 5.41) is 2.69. The quantitative estimate of drug-likeness (QED) is 0.814. The number of hydrogen-bond donors (Lipinski definition) is 1. The first-order valence-corrected chi connectivity index (χ1v) is 7.34. The highest BCUT2D eigenvalue weighted by Crippen LogP contribution is 2.30. The maximum absolute atomic E-state index is 11.9. The average Bonchev–Trinajstić information content (AvgIpc) is 2.88. The van der Waals surface area contributed by atoms with Crippen LogP contribution in [-0.2, 0) is 14.3 Å². The molecule has 21 heavy (non-hydrogen) atoms. The highest BCUT2D eigenvalue weighted by Gasteiger charge is 2.39. The third-order valence-electron chi connectivity index (χ3n) is 3.45. The number of benzene rings is 1. The number of ether oxygens (including phenoxy) is 2. The Morgan fingerprint density at radius 3 is 2.62 bits per heavy atom. The van der Waals surface area contributed by atoms with Gasteiger partial charge in [-0.2, -0.15) is 0 Å². The van der Waals surface area contributed by atoms with E-state index in [2.05, 4.69) is 5.32 Å². The monoisotopic (exact) mass is 291 g/mol. The van der Waals surface area contributed by atoms with Crippen LogP contribution in [0.25, 0.3) is 0 Å². The number of esters is 1. The van der Waals surface area contributed by atoms with Gasteiger partial charge in [0, 0.05) is 12.3 Å². The summed E-state index contributed by atoms with van der Waals surface area (Å²) in [7, 11) is 0. The van der Waals surface area contributed by atoms with Gasteiger partial charge in [0.05, 0.1) is 13.2 Å². The lowest BCUT2D eigenvalue weighted by molar-refractivity contribution is -0.146. The molecule has 5 heteroatoms. The van der Waals surface area contributed by atoms with Gasteiger partial charge in [-0.25, -0.2) is 4.79 Å². The van der Waals surface area contributed by atoms with E-state index in [1.54, 1.807) is 6.92 Å². The first kappa shape index (κ1) is 15.4. The van der Waals surface area contributed by atoms with E-state index in [-0.39, 0.29) is 17.8 Å². The van der Waals surface area contributed by atoms with Crippen molar-refractivity contribution in [2.75, 3.05) is 13.2 Å². The van der Waals surface area contributed by atoms with Crippen molar-refractivity contribution in [3.63, 3.8) is 0 Å². The summed E-state index contributed by atoms with van der Waals surface area (Å²) >= 11 is 0. The molecular weight excluding hydrogens is 270 g/mol. The second kappa shape index (κ2) is 7.11. The van der Waals surface area contributed by atoms with Crippen LogP contribution in [0.2, 0.25) is 0 Å². The summed E-state index contributed by atoms with van der Waals surface area (Å²) in [5.74, 6) is 0.117. The number of rotatable bonds is 6. The maximum Gasteiger partial charge on any atom is 0.329 e. The van der Waals surface area contributed by atoms with Crippen molar-refractivity contribution < 1.29 is 19.1 Å². The SMILES string of the molecule is CCCOc1ccc(C2CC(=O)NC2C(=O)OCC)cc1. The van der Waals surface area contributed by atoms with Crippen molar-refractivity contribution >= 4 is 11.9 Å². The molecular formula is C16H21NO4. The molecule has 114 valence electrons. The molecule has 1 N–H and O–H groups in total. The van der Waals surface area contributed by atoms with Crippen LogP contribution < -0.4 is 10.1 Å². The molecule has 2 unspecified atom stereocenters. The predicted octanol–water partition coefficient (Wildman–Crippen LogP) is 2.01. The fourth-order valence-corrected chi connectivity index (χ4v) is 2.45.